The van der Waals surface area contributed by atoms with Gasteiger partial charge in [-0.3, -0.25) is 4.79 Å². The fourth-order valence-corrected chi connectivity index (χ4v) is 3.56. The molecule has 1 amide bonds. The second kappa shape index (κ2) is 8.11. The monoisotopic (exact) mass is 369 g/mol. The Bertz CT molecular complexity index is 778. The lowest BCUT2D eigenvalue weighted by Gasteiger charge is -2.17. The number of benzene rings is 1. The molecular formula is C21H27N3O3. The average molecular weight is 369 g/mol. The molecule has 1 atom stereocenters. The van der Waals surface area contributed by atoms with Crippen molar-refractivity contribution in [3.05, 3.63) is 41.5 Å². The molecule has 2 aromatic rings. The van der Waals surface area contributed by atoms with E-state index in [1.165, 1.54) is 32.1 Å². The summed E-state index contributed by atoms with van der Waals surface area (Å²) < 4.78 is 11.3. The van der Waals surface area contributed by atoms with Gasteiger partial charge in [-0.2, -0.15) is 4.98 Å². The first-order chi connectivity index (χ1) is 13.2. The third kappa shape index (κ3) is 4.49. The number of amides is 1. The second-order valence-corrected chi connectivity index (χ2v) is 7.77. The molecule has 1 N–H and O–H groups in total. The highest BCUT2D eigenvalue weighted by atomic mass is 16.5. The van der Waals surface area contributed by atoms with Crippen molar-refractivity contribution in [3.63, 3.8) is 0 Å². The van der Waals surface area contributed by atoms with Crippen molar-refractivity contribution in [2.24, 2.45) is 5.92 Å². The van der Waals surface area contributed by atoms with E-state index in [0.717, 1.165) is 18.7 Å². The van der Waals surface area contributed by atoms with Crippen LogP contribution in [0.4, 0.5) is 0 Å². The van der Waals surface area contributed by atoms with Gasteiger partial charge in [0.2, 0.25) is 5.89 Å². The summed E-state index contributed by atoms with van der Waals surface area (Å²) in [5, 5.41) is 7.11. The van der Waals surface area contributed by atoms with E-state index in [9.17, 15) is 4.79 Å². The lowest BCUT2D eigenvalue weighted by Crippen LogP contribution is -2.27. The minimum atomic E-state index is -0.348. The highest BCUT2D eigenvalue weighted by Gasteiger charge is 2.25. The second-order valence-electron chi connectivity index (χ2n) is 7.77. The molecule has 2 aliphatic rings. The molecule has 27 heavy (non-hydrogen) atoms. The number of carbonyl (C=O) groups excluding carboxylic acids is 1. The largest absolute Gasteiger partial charge is 0.492 e. The molecule has 1 unspecified atom stereocenters. The van der Waals surface area contributed by atoms with Gasteiger partial charge in [0.05, 0.1) is 12.2 Å². The van der Waals surface area contributed by atoms with E-state index in [1.807, 2.05) is 25.1 Å². The molecule has 2 fully saturated rings. The predicted octanol–water partition coefficient (Wildman–Crippen LogP) is 4.40. The zero-order valence-corrected chi connectivity index (χ0v) is 15.8. The number of nitrogens with zero attached hydrogens (tertiary/aromatic N) is 2. The van der Waals surface area contributed by atoms with Crippen LogP contribution in [0.1, 0.15) is 85.9 Å². The lowest BCUT2D eigenvalue weighted by molar-refractivity contribution is 0.0928. The Morgan fingerprint density at radius 3 is 2.78 bits per heavy atom. The van der Waals surface area contributed by atoms with E-state index >= 15 is 0 Å². The van der Waals surface area contributed by atoms with Gasteiger partial charge in [-0.25, -0.2) is 0 Å². The standard InChI is InChI=1S/C21H27N3O3/c1-14(21-23-19(24-27-21)16-7-3-2-4-8-16)22-20(25)17-9-5-6-10-18(17)26-13-15-11-12-15/h5-6,9-10,14-16H,2-4,7-8,11-13H2,1H3,(H,22,25). The van der Waals surface area contributed by atoms with E-state index in [2.05, 4.69) is 15.5 Å². The summed E-state index contributed by atoms with van der Waals surface area (Å²) in [6.45, 7) is 2.54. The molecule has 1 aromatic carbocycles. The Hall–Kier alpha value is -2.37. The minimum absolute atomic E-state index is 0.189. The third-order valence-corrected chi connectivity index (χ3v) is 5.45. The SMILES string of the molecule is CC(NC(=O)c1ccccc1OCC1CC1)c1nc(C2CCCCC2)no1. The molecule has 1 heterocycles. The van der Waals surface area contributed by atoms with Crippen molar-refractivity contribution in [2.45, 2.75) is 63.8 Å². The topological polar surface area (TPSA) is 77.2 Å². The third-order valence-electron chi connectivity index (χ3n) is 5.45. The van der Waals surface area contributed by atoms with Gasteiger partial charge in [0.1, 0.15) is 11.8 Å². The van der Waals surface area contributed by atoms with E-state index in [-0.39, 0.29) is 11.9 Å². The first kappa shape index (κ1) is 18.0. The fourth-order valence-electron chi connectivity index (χ4n) is 3.56. The molecule has 2 saturated carbocycles. The molecule has 0 aliphatic heterocycles. The normalized spacial score (nSPS) is 18.9. The van der Waals surface area contributed by atoms with Crippen LogP contribution in [0.5, 0.6) is 5.75 Å². The molecule has 0 spiro atoms. The maximum absolute atomic E-state index is 12.7. The number of ether oxygens (including phenoxy) is 1. The Labute approximate surface area is 159 Å². The number of para-hydroxylation sites is 1. The Balaban J connectivity index is 1.39. The summed E-state index contributed by atoms with van der Waals surface area (Å²) >= 11 is 0. The Morgan fingerprint density at radius 2 is 2.00 bits per heavy atom. The number of hydrogen-bond acceptors (Lipinski definition) is 5. The number of rotatable bonds is 7. The zero-order valence-electron chi connectivity index (χ0n) is 15.8. The van der Waals surface area contributed by atoms with Crippen LogP contribution in [0.25, 0.3) is 0 Å². The zero-order chi connectivity index (χ0) is 18.6. The van der Waals surface area contributed by atoms with Crippen molar-refractivity contribution >= 4 is 5.91 Å². The first-order valence-electron chi connectivity index (χ1n) is 10.1. The van der Waals surface area contributed by atoms with Crippen LogP contribution in [0, 0.1) is 5.92 Å². The number of aromatic nitrogens is 2. The van der Waals surface area contributed by atoms with Gasteiger partial charge < -0.3 is 14.6 Å². The van der Waals surface area contributed by atoms with Crippen LogP contribution < -0.4 is 10.1 Å². The van der Waals surface area contributed by atoms with Gasteiger partial charge >= 0.3 is 0 Å². The van der Waals surface area contributed by atoms with Crippen molar-refractivity contribution in [2.75, 3.05) is 6.61 Å². The van der Waals surface area contributed by atoms with Crippen LogP contribution in [0.3, 0.4) is 0 Å². The quantitative estimate of drug-likeness (QED) is 0.783. The summed E-state index contributed by atoms with van der Waals surface area (Å²) in [5.74, 6) is 2.69. The van der Waals surface area contributed by atoms with E-state index in [0.29, 0.717) is 35.6 Å². The van der Waals surface area contributed by atoms with Gasteiger partial charge in [-0.15, -0.1) is 0 Å². The molecule has 0 bridgehead atoms. The summed E-state index contributed by atoms with van der Waals surface area (Å²) in [6, 6.07) is 7.01. The summed E-state index contributed by atoms with van der Waals surface area (Å²) in [7, 11) is 0. The summed E-state index contributed by atoms with van der Waals surface area (Å²) in [5.41, 5.74) is 0.539. The van der Waals surface area contributed by atoms with Crippen molar-refractivity contribution in [3.8, 4) is 5.75 Å². The van der Waals surface area contributed by atoms with Crippen molar-refractivity contribution in [1.29, 1.82) is 0 Å². The van der Waals surface area contributed by atoms with Crippen LogP contribution in [-0.4, -0.2) is 22.7 Å². The first-order valence-corrected chi connectivity index (χ1v) is 10.1. The lowest BCUT2D eigenvalue weighted by atomic mass is 9.89. The predicted molar refractivity (Wildman–Crippen MR) is 101 cm³/mol. The van der Waals surface area contributed by atoms with Crippen LogP contribution >= 0.6 is 0 Å². The minimum Gasteiger partial charge on any atom is -0.492 e. The van der Waals surface area contributed by atoms with Crippen molar-refractivity contribution in [1.82, 2.24) is 15.5 Å². The van der Waals surface area contributed by atoms with Gasteiger partial charge in [0.15, 0.2) is 5.82 Å². The van der Waals surface area contributed by atoms with Gasteiger partial charge in [-0.1, -0.05) is 36.6 Å². The number of nitrogens with one attached hydrogen (secondary N) is 1. The van der Waals surface area contributed by atoms with E-state index in [1.54, 1.807) is 6.07 Å². The molecule has 1 aromatic heterocycles. The van der Waals surface area contributed by atoms with Gasteiger partial charge in [-0.05, 0) is 50.7 Å². The van der Waals surface area contributed by atoms with Crippen LogP contribution in [-0.2, 0) is 0 Å². The molecular weight excluding hydrogens is 342 g/mol. The van der Waals surface area contributed by atoms with Gasteiger partial charge in [0, 0.05) is 5.92 Å². The maximum atomic E-state index is 12.7. The van der Waals surface area contributed by atoms with E-state index < -0.39 is 0 Å². The summed E-state index contributed by atoms with van der Waals surface area (Å²) in [4.78, 5) is 17.3. The number of hydrogen-bond donors (Lipinski definition) is 1. The summed E-state index contributed by atoms with van der Waals surface area (Å²) in [6.07, 6.45) is 8.39. The van der Waals surface area contributed by atoms with E-state index in [4.69, 9.17) is 9.26 Å². The van der Waals surface area contributed by atoms with Crippen LogP contribution in [0.2, 0.25) is 0 Å². The maximum Gasteiger partial charge on any atom is 0.255 e. The molecule has 0 saturated heterocycles. The number of carbonyl (C=O) groups is 1. The van der Waals surface area contributed by atoms with Crippen molar-refractivity contribution < 1.29 is 14.1 Å². The smallest absolute Gasteiger partial charge is 0.255 e. The fraction of sp³-hybridized carbons (Fsp3) is 0.571. The highest BCUT2D eigenvalue weighted by Crippen LogP contribution is 2.32. The molecule has 6 nitrogen and oxygen atoms in total. The van der Waals surface area contributed by atoms with Crippen LogP contribution in [0.15, 0.2) is 28.8 Å². The molecule has 4 rings (SSSR count). The average Bonchev–Trinajstić information content (AvgIpc) is 3.40. The molecule has 2 aliphatic carbocycles. The van der Waals surface area contributed by atoms with Gasteiger partial charge in [0.25, 0.3) is 5.91 Å². The Morgan fingerprint density at radius 1 is 1.22 bits per heavy atom. The highest BCUT2D eigenvalue weighted by molar-refractivity contribution is 5.97. The molecule has 6 heteroatoms. The Kier molecular flexibility index (Phi) is 5.41. The molecule has 0 radical (unpaired) electrons. The molecule has 144 valence electrons.